The van der Waals surface area contributed by atoms with E-state index >= 15 is 0 Å². The smallest absolute Gasteiger partial charge is 0.254 e. The zero-order chi connectivity index (χ0) is 21.4. The third-order valence-electron chi connectivity index (χ3n) is 7.10. The first-order valence-corrected chi connectivity index (χ1v) is 11.4. The SMILES string of the molecule is Cc1cccc(NC(=O)C2c3ccccc3C(=O)N(CC3CCCO3)C23CCCC3)n1. The molecule has 1 saturated heterocycles. The number of hydrogen-bond donors (Lipinski definition) is 1. The number of benzene rings is 1. The molecule has 2 amide bonds. The number of aryl methyl sites for hydroxylation is 1. The Balaban J connectivity index is 1.57. The summed E-state index contributed by atoms with van der Waals surface area (Å²) >= 11 is 0. The van der Waals surface area contributed by atoms with Crippen molar-refractivity contribution < 1.29 is 14.3 Å². The molecule has 1 aromatic carbocycles. The third-order valence-corrected chi connectivity index (χ3v) is 7.10. The monoisotopic (exact) mass is 419 g/mol. The third kappa shape index (κ3) is 3.53. The average molecular weight is 420 g/mol. The van der Waals surface area contributed by atoms with Crippen molar-refractivity contribution in [3.63, 3.8) is 0 Å². The Morgan fingerprint density at radius 1 is 1.16 bits per heavy atom. The van der Waals surface area contributed by atoms with Crippen LogP contribution in [0.1, 0.15) is 66.1 Å². The number of anilines is 1. The van der Waals surface area contributed by atoms with Crippen molar-refractivity contribution in [3.8, 4) is 0 Å². The Kier molecular flexibility index (Phi) is 5.26. The van der Waals surface area contributed by atoms with Gasteiger partial charge in [-0.25, -0.2) is 4.98 Å². The molecule has 2 aliphatic heterocycles. The second-order valence-corrected chi connectivity index (χ2v) is 9.04. The van der Waals surface area contributed by atoms with Crippen LogP contribution in [-0.4, -0.2) is 46.5 Å². The van der Waals surface area contributed by atoms with Crippen LogP contribution >= 0.6 is 0 Å². The van der Waals surface area contributed by atoms with Crippen LogP contribution < -0.4 is 5.32 Å². The van der Waals surface area contributed by atoms with Gasteiger partial charge in [-0.05, 0) is 56.4 Å². The molecule has 2 fully saturated rings. The molecule has 162 valence electrons. The van der Waals surface area contributed by atoms with Crippen LogP contribution in [0.15, 0.2) is 42.5 Å². The molecule has 1 N–H and O–H groups in total. The number of fused-ring (bicyclic) bond motifs is 1. The molecule has 3 heterocycles. The molecule has 0 bridgehead atoms. The molecular formula is C25H29N3O3. The van der Waals surface area contributed by atoms with Gasteiger partial charge < -0.3 is 15.0 Å². The summed E-state index contributed by atoms with van der Waals surface area (Å²) in [5.41, 5.74) is 1.82. The van der Waals surface area contributed by atoms with Crippen molar-refractivity contribution in [1.29, 1.82) is 0 Å². The number of carbonyl (C=O) groups is 2. The van der Waals surface area contributed by atoms with E-state index in [9.17, 15) is 9.59 Å². The van der Waals surface area contributed by atoms with E-state index in [2.05, 4.69) is 10.3 Å². The summed E-state index contributed by atoms with van der Waals surface area (Å²) in [6.07, 6.45) is 5.74. The van der Waals surface area contributed by atoms with E-state index in [4.69, 9.17) is 4.74 Å². The van der Waals surface area contributed by atoms with Gasteiger partial charge in [-0.15, -0.1) is 0 Å². The highest BCUT2D eigenvalue weighted by atomic mass is 16.5. The number of ether oxygens (including phenoxy) is 1. The Morgan fingerprint density at radius 3 is 2.71 bits per heavy atom. The van der Waals surface area contributed by atoms with Crippen molar-refractivity contribution in [2.45, 2.75) is 63.0 Å². The van der Waals surface area contributed by atoms with Crippen LogP contribution in [0, 0.1) is 6.92 Å². The molecule has 3 aliphatic rings. The number of nitrogens with one attached hydrogen (secondary N) is 1. The van der Waals surface area contributed by atoms with Crippen molar-refractivity contribution >= 4 is 17.6 Å². The largest absolute Gasteiger partial charge is 0.376 e. The minimum Gasteiger partial charge on any atom is -0.376 e. The minimum atomic E-state index is -0.509. The maximum absolute atomic E-state index is 13.8. The van der Waals surface area contributed by atoms with Crippen molar-refractivity contribution in [3.05, 3.63) is 59.3 Å². The first-order chi connectivity index (χ1) is 15.1. The molecule has 0 radical (unpaired) electrons. The van der Waals surface area contributed by atoms with Crippen molar-refractivity contribution in [1.82, 2.24) is 9.88 Å². The van der Waals surface area contributed by atoms with Gasteiger partial charge in [-0.1, -0.05) is 37.1 Å². The topological polar surface area (TPSA) is 71.5 Å². The first-order valence-electron chi connectivity index (χ1n) is 11.4. The number of aromatic nitrogens is 1. The van der Waals surface area contributed by atoms with Gasteiger partial charge in [-0.3, -0.25) is 9.59 Å². The maximum Gasteiger partial charge on any atom is 0.254 e. The number of rotatable bonds is 4. The summed E-state index contributed by atoms with van der Waals surface area (Å²) < 4.78 is 5.89. The summed E-state index contributed by atoms with van der Waals surface area (Å²) in [6.45, 7) is 3.21. The number of pyridine rings is 1. The molecule has 1 spiro atoms. The summed E-state index contributed by atoms with van der Waals surface area (Å²) in [5, 5.41) is 3.05. The molecule has 5 rings (SSSR count). The lowest BCUT2D eigenvalue weighted by Crippen LogP contribution is -2.61. The van der Waals surface area contributed by atoms with Crippen LogP contribution in [-0.2, 0) is 9.53 Å². The normalized spacial score (nSPS) is 24.4. The lowest BCUT2D eigenvalue weighted by molar-refractivity contribution is -0.121. The Morgan fingerprint density at radius 2 is 1.97 bits per heavy atom. The highest BCUT2D eigenvalue weighted by Gasteiger charge is 2.56. The lowest BCUT2D eigenvalue weighted by Gasteiger charge is -2.50. The second kappa shape index (κ2) is 8.08. The van der Waals surface area contributed by atoms with Gasteiger partial charge in [-0.2, -0.15) is 0 Å². The molecule has 2 atom stereocenters. The molecular weight excluding hydrogens is 390 g/mol. The standard InChI is InChI=1S/C25H29N3O3/c1-17-8-6-12-21(26-17)27-23(29)22-19-10-2-3-11-20(19)24(30)28(16-18-9-7-15-31-18)25(22)13-4-5-14-25/h2-3,6,8,10-12,18,22H,4-5,7,9,13-16H2,1H3,(H,26,27,29). The fourth-order valence-corrected chi connectivity index (χ4v) is 5.74. The fourth-order valence-electron chi connectivity index (χ4n) is 5.74. The highest BCUT2D eigenvalue weighted by Crippen LogP contribution is 2.50. The zero-order valence-corrected chi connectivity index (χ0v) is 18.0. The van der Waals surface area contributed by atoms with Gasteiger partial charge >= 0.3 is 0 Å². The Labute approximate surface area is 183 Å². The Hall–Kier alpha value is -2.73. The minimum absolute atomic E-state index is 0.0331. The molecule has 1 aliphatic carbocycles. The van der Waals surface area contributed by atoms with E-state index in [1.807, 2.05) is 54.3 Å². The first kappa shape index (κ1) is 20.2. The van der Waals surface area contributed by atoms with E-state index in [-0.39, 0.29) is 17.9 Å². The van der Waals surface area contributed by atoms with E-state index in [0.717, 1.165) is 56.4 Å². The molecule has 1 saturated carbocycles. The number of amides is 2. The zero-order valence-electron chi connectivity index (χ0n) is 18.0. The summed E-state index contributed by atoms with van der Waals surface area (Å²) in [7, 11) is 0. The molecule has 2 unspecified atom stereocenters. The highest BCUT2D eigenvalue weighted by molar-refractivity contribution is 6.05. The van der Waals surface area contributed by atoms with Gasteiger partial charge in [0.25, 0.3) is 5.91 Å². The molecule has 6 heteroatoms. The summed E-state index contributed by atoms with van der Waals surface area (Å²) in [5.74, 6) is 0.0776. The number of hydrogen-bond acceptors (Lipinski definition) is 4. The quantitative estimate of drug-likeness (QED) is 0.811. The van der Waals surface area contributed by atoms with Gasteiger partial charge in [0.2, 0.25) is 5.91 Å². The average Bonchev–Trinajstić information content (AvgIpc) is 3.44. The van der Waals surface area contributed by atoms with E-state index < -0.39 is 11.5 Å². The summed E-state index contributed by atoms with van der Waals surface area (Å²) in [6, 6.07) is 13.2. The molecule has 2 aromatic rings. The van der Waals surface area contributed by atoms with Gasteiger partial charge in [0, 0.05) is 24.4 Å². The summed E-state index contributed by atoms with van der Waals surface area (Å²) in [4.78, 5) is 33.9. The second-order valence-electron chi connectivity index (χ2n) is 9.04. The van der Waals surface area contributed by atoms with Crippen molar-refractivity contribution in [2.75, 3.05) is 18.5 Å². The maximum atomic E-state index is 13.8. The van der Waals surface area contributed by atoms with Crippen molar-refractivity contribution in [2.24, 2.45) is 0 Å². The number of nitrogens with zero attached hydrogens (tertiary/aromatic N) is 2. The predicted octanol–water partition coefficient (Wildman–Crippen LogP) is 4.06. The molecule has 1 aromatic heterocycles. The van der Waals surface area contributed by atoms with Gasteiger partial charge in [0.1, 0.15) is 5.82 Å². The number of carbonyl (C=O) groups excluding carboxylic acids is 2. The lowest BCUT2D eigenvalue weighted by atomic mass is 9.71. The molecule has 31 heavy (non-hydrogen) atoms. The van der Waals surface area contributed by atoms with E-state index in [1.165, 1.54) is 0 Å². The fraction of sp³-hybridized carbons (Fsp3) is 0.480. The van der Waals surface area contributed by atoms with E-state index in [0.29, 0.717) is 17.9 Å². The van der Waals surface area contributed by atoms with Crippen LogP contribution in [0.2, 0.25) is 0 Å². The van der Waals surface area contributed by atoms with Crippen LogP contribution in [0.3, 0.4) is 0 Å². The van der Waals surface area contributed by atoms with Crippen LogP contribution in [0.25, 0.3) is 0 Å². The van der Waals surface area contributed by atoms with Crippen LogP contribution in [0.5, 0.6) is 0 Å². The van der Waals surface area contributed by atoms with Gasteiger partial charge in [0.15, 0.2) is 0 Å². The van der Waals surface area contributed by atoms with Crippen LogP contribution in [0.4, 0.5) is 5.82 Å². The van der Waals surface area contributed by atoms with E-state index in [1.54, 1.807) is 0 Å². The predicted molar refractivity (Wildman–Crippen MR) is 118 cm³/mol. The molecule has 6 nitrogen and oxygen atoms in total. The Bertz CT molecular complexity index is 993. The van der Waals surface area contributed by atoms with Gasteiger partial charge in [0.05, 0.1) is 17.6 Å².